The van der Waals surface area contributed by atoms with E-state index in [-0.39, 0.29) is 56.4 Å². The lowest BCUT2D eigenvalue weighted by Crippen LogP contribution is -2.57. The molecule has 0 saturated carbocycles. The summed E-state index contributed by atoms with van der Waals surface area (Å²) < 4.78 is 19.1. The number of nitrogens with one attached hydrogen (secondary N) is 2. The smallest absolute Gasteiger partial charge is 0.419 e. The summed E-state index contributed by atoms with van der Waals surface area (Å²) in [5.41, 5.74) is 3.35. The summed E-state index contributed by atoms with van der Waals surface area (Å²) in [6.07, 6.45) is 3.93. The highest BCUT2D eigenvalue weighted by Crippen LogP contribution is 2.24. The Morgan fingerprint density at radius 2 is 1.96 bits per heavy atom. The van der Waals surface area contributed by atoms with Crippen LogP contribution in [0.4, 0.5) is 0 Å². The first kappa shape index (κ1) is 30.1. The van der Waals surface area contributed by atoms with E-state index in [9.17, 15) is 19.2 Å². The lowest BCUT2D eigenvalue weighted by atomic mass is 10.0. The first-order chi connectivity index (χ1) is 21.8. The molecule has 6 rings (SSSR count). The quantitative estimate of drug-likeness (QED) is 0.358. The minimum Gasteiger partial charge on any atom is -0.456 e. The van der Waals surface area contributed by atoms with Crippen molar-refractivity contribution in [2.24, 2.45) is 0 Å². The molecule has 0 aliphatic carbocycles. The van der Waals surface area contributed by atoms with Gasteiger partial charge in [-0.1, -0.05) is 18.2 Å². The van der Waals surface area contributed by atoms with Gasteiger partial charge in [-0.3, -0.25) is 23.9 Å². The minimum atomic E-state index is -0.498. The van der Waals surface area contributed by atoms with Gasteiger partial charge in [-0.2, -0.15) is 0 Å². The Kier molecular flexibility index (Phi) is 8.92. The van der Waals surface area contributed by atoms with Crippen molar-refractivity contribution in [3.8, 4) is 11.5 Å². The molecular formula is C33H35N5O7. The van der Waals surface area contributed by atoms with E-state index >= 15 is 0 Å². The average Bonchev–Trinajstić information content (AvgIpc) is 3.34. The summed E-state index contributed by atoms with van der Waals surface area (Å²) in [5, 5.41) is 5.89. The molecule has 4 bridgehead atoms. The van der Waals surface area contributed by atoms with Crippen molar-refractivity contribution in [2.75, 3.05) is 19.6 Å². The second kappa shape index (κ2) is 13.3. The van der Waals surface area contributed by atoms with E-state index in [0.29, 0.717) is 54.1 Å². The molecule has 2 aliphatic rings. The minimum absolute atomic E-state index is 0.110. The molecule has 45 heavy (non-hydrogen) atoms. The lowest BCUT2D eigenvalue weighted by molar-refractivity contribution is -0.137. The van der Waals surface area contributed by atoms with E-state index in [2.05, 4.69) is 15.6 Å². The van der Waals surface area contributed by atoms with E-state index < -0.39 is 11.8 Å². The van der Waals surface area contributed by atoms with Crippen LogP contribution in [-0.2, 0) is 27.5 Å². The van der Waals surface area contributed by atoms with Gasteiger partial charge in [0, 0.05) is 45.2 Å². The zero-order valence-electron chi connectivity index (χ0n) is 25.0. The molecule has 234 valence electrons. The molecule has 4 heterocycles. The number of aromatic nitrogens is 2. The maximum atomic E-state index is 13.3. The number of aryl methyl sites for hydroxylation is 2. The molecule has 1 saturated heterocycles. The van der Waals surface area contributed by atoms with Crippen LogP contribution in [0.25, 0.3) is 11.1 Å². The number of piperidine rings is 1. The van der Waals surface area contributed by atoms with Crippen LogP contribution in [0.5, 0.6) is 11.5 Å². The third-order valence-corrected chi connectivity index (χ3v) is 8.06. The van der Waals surface area contributed by atoms with Crippen molar-refractivity contribution < 1.29 is 28.3 Å². The van der Waals surface area contributed by atoms with Crippen LogP contribution in [0.15, 0.2) is 70.1 Å². The zero-order chi connectivity index (χ0) is 31.3. The molecule has 2 aromatic heterocycles. The first-order valence-corrected chi connectivity index (χ1v) is 15.1. The van der Waals surface area contributed by atoms with Crippen LogP contribution in [-0.4, -0.2) is 64.0 Å². The van der Waals surface area contributed by atoms with Gasteiger partial charge in [-0.15, -0.1) is 0 Å². The molecule has 2 aromatic carbocycles. The number of nitrogens with zero attached hydrogens (tertiary/aromatic N) is 3. The molecule has 0 spiro atoms. The Bertz CT molecular complexity index is 1780. The van der Waals surface area contributed by atoms with Crippen LogP contribution >= 0.6 is 0 Å². The lowest BCUT2D eigenvalue weighted by Gasteiger charge is -2.39. The number of pyridine rings is 1. The summed E-state index contributed by atoms with van der Waals surface area (Å²) in [4.78, 5) is 57.3. The van der Waals surface area contributed by atoms with Crippen molar-refractivity contribution in [3.63, 3.8) is 0 Å². The number of hydrogen-bond donors (Lipinski definition) is 2. The number of ether oxygens (including phenoxy) is 2. The van der Waals surface area contributed by atoms with Gasteiger partial charge >= 0.3 is 5.76 Å². The predicted molar refractivity (Wildman–Crippen MR) is 164 cm³/mol. The molecule has 3 amide bonds. The van der Waals surface area contributed by atoms with E-state index in [1.807, 2.05) is 43.3 Å². The summed E-state index contributed by atoms with van der Waals surface area (Å²) >= 11 is 0. The van der Waals surface area contributed by atoms with Crippen molar-refractivity contribution in [1.29, 1.82) is 0 Å². The third-order valence-electron chi connectivity index (χ3n) is 8.06. The predicted octanol–water partition coefficient (Wildman–Crippen LogP) is 3.31. The van der Waals surface area contributed by atoms with Gasteiger partial charge in [0.15, 0.2) is 5.58 Å². The average molecular weight is 614 g/mol. The number of amides is 3. The van der Waals surface area contributed by atoms with Crippen LogP contribution < -0.4 is 21.1 Å². The van der Waals surface area contributed by atoms with Crippen molar-refractivity contribution in [2.45, 2.75) is 57.9 Å². The van der Waals surface area contributed by atoms with Gasteiger partial charge in [0.1, 0.15) is 11.5 Å². The number of carbonyl (C=O) groups is 3. The summed E-state index contributed by atoms with van der Waals surface area (Å²) in [6.45, 7) is 3.42. The molecule has 12 nitrogen and oxygen atoms in total. The van der Waals surface area contributed by atoms with Gasteiger partial charge in [0.2, 0.25) is 11.8 Å². The highest BCUT2D eigenvalue weighted by Gasteiger charge is 2.33. The fourth-order valence-corrected chi connectivity index (χ4v) is 5.71. The molecule has 0 radical (unpaired) electrons. The molecule has 2 N–H and O–H groups in total. The maximum Gasteiger partial charge on any atom is 0.419 e. The van der Waals surface area contributed by atoms with Crippen LogP contribution in [0.3, 0.4) is 0 Å². The Balaban J connectivity index is 1.15. The van der Waals surface area contributed by atoms with E-state index in [0.717, 1.165) is 11.1 Å². The Morgan fingerprint density at radius 3 is 2.84 bits per heavy atom. The van der Waals surface area contributed by atoms with Crippen molar-refractivity contribution >= 4 is 28.8 Å². The highest BCUT2D eigenvalue weighted by molar-refractivity contribution is 5.94. The number of oxazole rings is 1. The van der Waals surface area contributed by atoms with Crippen LogP contribution in [0.1, 0.15) is 47.2 Å². The van der Waals surface area contributed by atoms with Gasteiger partial charge in [-0.25, -0.2) is 4.79 Å². The summed E-state index contributed by atoms with van der Waals surface area (Å²) in [6, 6.07) is 14.1. The van der Waals surface area contributed by atoms with E-state index in [1.54, 1.807) is 23.2 Å². The maximum absolute atomic E-state index is 13.3. The molecule has 2 aliphatic heterocycles. The van der Waals surface area contributed by atoms with E-state index in [4.69, 9.17) is 13.9 Å². The standard InChI is InChI=1S/C33H35N5O7/c1-21-7-8-29-27(14-21)38(33(42)45-29)13-10-31(40)37-12-9-28-26(19-37)36-30(39)6-3-11-35-32(41)23-16-25(18-34-17-23)44-24-5-2-4-22(15-24)20-43-28/h2,4-5,7-8,14-18,26,28H,3,6,9-13,19-20H2,1H3,(H,35,41)(H,36,39)/t26-,28-/m0/s1. The Labute approximate surface area is 259 Å². The molecule has 0 unspecified atom stereocenters. The largest absolute Gasteiger partial charge is 0.456 e. The van der Waals surface area contributed by atoms with Crippen molar-refractivity contribution in [3.05, 3.63) is 88.2 Å². The number of benzene rings is 2. The zero-order valence-corrected chi connectivity index (χ0v) is 25.0. The fraction of sp³-hybridized carbons (Fsp3) is 0.364. The summed E-state index contributed by atoms with van der Waals surface area (Å²) in [5.74, 6) is -0.118. The van der Waals surface area contributed by atoms with Gasteiger partial charge in [-0.05, 0) is 61.2 Å². The van der Waals surface area contributed by atoms with Crippen LogP contribution in [0.2, 0.25) is 0 Å². The van der Waals surface area contributed by atoms with Gasteiger partial charge in [0.05, 0.1) is 36.0 Å². The topological polar surface area (TPSA) is 145 Å². The van der Waals surface area contributed by atoms with E-state index in [1.165, 1.54) is 10.8 Å². The van der Waals surface area contributed by atoms with Crippen molar-refractivity contribution in [1.82, 2.24) is 25.1 Å². The SMILES string of the molecule is Cc1ccc2oc(=O)n(CCC(=O)N3CC[C@@H]4OCc5cccc(c5)Oc5cncc(c5)C(=O)NCCCC(=O)N[C@H]4C3)c2c1. The second-order valence-corrected chi connectivity index (χ2v) is 11.4. The third kappa shape index (κ3) is 7.23. The molecule has 1 fully saturated rings. The van der Waals surface area contributed by atoms with Gasteiger partial charge in [0.25, 0.3) is 5.91 Å². The molecule has 4 aromatic rings. The first-order valence-electron chi connectivity index (χ1n) is 15.1. The summed E-state index contributed by atoms with van der Waals surface area (Å²) in [7, 11) is 0. The normalized spacial score (nSPS) is 19.4. The second-order valence-electron chi connectivity index (χ2n) is 11.4. The van der Waals surface area contributed by atoms with Crippen LogP contribution in [0, 0.1) is 6.92 Å². The molecular weight excluding hydrogens is 578 g/mol. The molecule has 12 heteroatoms. The highest BCUT2D eigenvalue weighted by atomic mass is 16.5. The molecule has 2 atom stereocenters. The monoisotopic (exact) mass is 613 g/mol. The van der Waals surface area contributed by atoms with Gasteiger partial charge < -0.3 is 29.4 Å². The number of rotatable bonds is 3. The number of hydrogen-bond acceptors (Lipinski definition) is 8. The Morgan fingerprint density at radius 1 is 1.07 bits per heavy atom. The number of likely N-dealkylation sites (tertiary alicyclic amines) is 1. The number of carbonyl (C=O) groups excluding carboxylic acids is 3. The fourth-order valence-electron chi connectivity index (χ4n) is 5.71. The number of fused-ring (bicyclic) bond motifs is 6. The Hall–Kier alpha value is -4.97.